The van der Waals surface area contributed by atoms with E-state index in [1.165, 1.54) is 6.26 Å². The van der Waals surface area contributed by atoms with Crippen molar-refractivity contribution in [3.63, 3.8) is 0 Å². The SMILES string of the molecule is CC(C)(C)OC(=O)N1CCC(Nc2cc(Cl)ncc2-c2ncco2)CC1. The number of anilines is 1. The van der Waals surface area contributed by atoms with Gasteiger partial charge < -0.3 is 19.4 Å². The lowest BCUT2D eigenvalue weighted by atomic mass is 10.0. The molecular weight excluding hydrogens is 356 g/mol. The molecule has 2 aromatic heterocycles. The Morgan fingerprint density at radius 2 is 2.08 bits per heavy atom. The molecule has 0 unspecified atom stereocenters. The van der Waals surface area contributed by atoms with Crippen molar-refractivity contribution in [1.82, 2.24) is 14.9 Å². The van der Waals surface area contributed by atoms with Gasteiger partial charge in [0.05, 0.1) is 17.4 Å². The van der Waals surface area contributed by atoms with Gasteiger partial charge in [0.1, 0.15) is 17.0 Å². The third-order valence-corrected chi connectivity index (χ3v) is 4.25. The molecule has 1 N–H and O–H groups in total. The summed E-state index contributed by atoms with van der Waals surface area (Å²) in [4.78, 5) is 22.2. The minimum absolute atomic E-state index is 0.209. The number of nitrogens with zero attached hydrogens (tertiary/aromatic N) is 3. The molecule has 1 saturated heterocycles. The summed E-state index contributed by atoms with van der Waals surface area (Å²) in [6.45, 7) is 6.89. The number of likely N-dealkylation sites (tertiary alicyclic amines) is 1. The van der Waals surface area contributed by atoms with E-state index >= 15 is 0 Å². The molecule has 3 heterocycles. The molecule has 1 fully saturated rings. The van der Waals surface area contributed by atoms with E-state index in [0.717, 1.165) is 24.1 Å². The van der Waals surface area contributed by atoms with E-state index in [1.54, 1.807) is 23.4 Å². The third kappa shape index (κ3) is 4.66. The zero-order chi connectivity index (χ0) is 18.7. The second-order valence-electron chi connectivity index (χ2n) is 7.28. The highest BCUT2D eigenvalue weighted by atomic mass is 35.5. The normalized spacial score (nSPS) is 15.8. The van der Waals surface area contributed by atoms with Crippen LogP contribution >= 0.6 is 11.6 Å². The van der Waals surface area contributed by atoms with Crippen LogP contribution < -0.4 is 5.32 Å². The molecule has 2 aromatic rings. The smallest absolute Gasteiger partial charge is 0.410 e. The monoisotopic (exact) mass is 378 g/mol. The summed E-state index contributed by atoms with van der Waals surface area (Å²) in [5, 5.41) is 3.88. The van der Waals surface area contributed by atoms with Crippen molar-refractivity contribution in [3.8, 4) is 11.5 Å². The highest BCUT2D eigenvalue weighted by molar-refractivity contribution is 6.29. The van der Waals surface area contributed by atoms with Crippen molar-refractivity contribution < 1.29 is 13.9 Å². The first-order chi connectivity index (χ1) is 12.3. The van der Waals surface area contributed by atoms with E-state index in [4.69, 9.17) is 20.8 Å². The van der Waals surface area contributed by atoms with Crippen molar-refractivity contribution in [3.05, 3.63) is 29.9 Å². The van der Waals surface area contributed by atoms with Gasteiger partial charge >= 0.3 is 6.09 Å². The maximum Gasteiger partial charge on any atom is 0.410 e. The second kappa shape index (κ2) is 7.53. The van der Waals surface area contributed by atoms with E-state index in [-0.39, 0.29) is 12.1 Å². The number of rotatable bonds is 3. The maximum atomic E-state index is 12.2. The molecule has 0 bridgehead atoms. The van der Waals surface area contributed by atoms with Crippen LogP contribution in [-0.2, 0) is 4.74 Å². The number of hydrogen-bond donors (Lipinski definition) is 1. The Hall–Kier alpha value is -2.28. The largest absolute Gasteiger partial charge is 0.444 e. The van der Waals surface area contributed by atoms with E-state index in [0.29, 0.717) is 24.1 Å². The molecule has 26 heavy (non-hydrogen) atoms. The molecule has 0 spiro atoms. The van der Waals surface area contributed by atoms with E-state index in [2.05, 4.69) is 15.3 Å². The van der Waals surface area contributed by atoms with E-state index in [9.17, 15) is 4.79 Å². The number of hydrogen-bond acceptors (Lipinski definition) is 6. The average Bonchev–Trinajstić information content (AvgIpc) is 3.08. The minimum atomic E-state index is -0.481. The number of aromatic nitrogens is 2. The number of carbonyl (C=O) groups is 1. The van der Waals surface area contributed by atoms with Gasteiger partial charge in [-0.1, -0.05) is 11.6 Å². The quantitative estimate of drug-likeness (QED) is 0.806. The fourth-order valence-corrected chi connectivity index (χ4v) is 2.99. The van der Waals surface area contributed by atoms with E-state index < -0.39 is 5.60 Å². The molecule has 8 heteroatoms. The molecule has 140 valence electrons. The standard InChI is InChI=1S/C18H23ClN4O3/c1-18(2,3)26-17(24)23-7-4-12(5-8-23)22-14-10-15(19)21-11-13(14)16-20-6-9-25-16/h6,9-12H,4-5,7-8H2,1-3H3,(H,21,22). The van der Waals surface area contributed by atoms with Crippen LogP contribution in [0.1, 0.15) is 33.6 Å². The molecule has 1 aliphatic rings. The third-order valence-electron chi connectivity index (χ3n) is 4.04. The molecule has 3 rings (SSSR count). The number of pyridine rings is 1. The maximum absolute atomic E-state index is 12.2. The van der Waals surface area contributed by atoms with Gasteiger partial charge in [0.2, 0.25) is 5.89 Å². The Kier molecular flexibility index (Phi) is 5.36. The van der Waals surface area contributed by atoms with Gasteiger partial charge in [-0.05, 0) is 39.7 Å². The summed E-state index contributed by atoms with van der Waals surface area (Å²) >= 11 is 6.05. The highest BCUT2D eigenvalue weighted by Crippen LogP contribution is 2.30. The number of ether oxygens (including phenoxy) is 1. The van der Waals surface area contributed by atoms with Crippen LogP contribution in [0.4, 0.5) is 10.5 Å². The summed E-state index contributed by atoms with van der Waals surface area (Å²) in [6, 6.07) is 1.97. The molecule has 0 radical (unpaired) electrons. The van der Waals surface area contributed by atoms with Crippen molar-refractivity contribution in [1.29, 1.82) is 0 Å². The second-order valence-corrected chi connectivity index (χ2v) is 7.66. The van der Waals surface area contributed by atoms with Crippen LogP contribution in [0.25, 0.3) is 11.5 Å². The summed E-state index contributed by atoms with van der Waals surface area (Å²) in [5.41, 5.74) is 1.10. The molecular formula is C18H23ClN4O3. The lowest BCUT2D eigenvalue weighted by Crippen LogP contribution is -2.44. The first-order valence-corrected chi connectivity index (χ1v) is 8.99. The predicted molar refractivity (Wildman–Crippen MR) is 99.2 cm³/mol. The van der Waals surface area contributed by atoms with Gasteiger partial charge in [0.25, 0.3) is 0 Å². The van der Waals surface area contributed by atoms with Crippen LogP contribution in [-0.4, -0.2) is 45.7 Å². The zero-order valence-corrected chi connectivity index (χ0v) is 15.9. The molecule has 0 atom stereocenters. The summed E-state index contributed by atoms with van der Waals surface area (Å²) in [6.07, 6.45) is 6.12. The van der Waals surface area contributed by atoms with Crippen molar-refractivity contribution in [2.75, 3.05) is 18.4 Å². The number of piperidine rings is 1. The van der Waals surface area contributed by atoms with Crippen molar-refractivity contribution in [2.24, 2.45) is 0 Å². The van der Waals surface area contributed by atoms with Gasteiger partial charge in [0.15, 0.2) is 0 Å². The average molecular weight is 379 g/mol. The van der Waals surface area contributed by atoms with Crippen LogP contribution in [0, 0.1) is 0 Å². The van der Waals surface area contributed by atoms with Gasteiger partial charge in [0, 0.05) is 25.3 Å². The number of carbonyl (C=O) groups excluding carboxylic acids is 1. The van der Waals surface area contributed by atoms with Gasteiger partial charge in [-0.3, -0.25) is 0 Å². The Morgan fingerprint density at radius 1 is 1.35 bits per heavy atom. The zero-order valence-electron chi connectivity index (χ0n) is 15.2. The van der Waals surface area contributed by atoms with E-state index in [1.807, 2.05) is 20.8 Å². The fraction of sp³-hybridized carbons (Fsp3) is 0.500. The number of amides is 1. The molecule has 0 aliphatic carbocycles. The summed E-state index contributed by atoms with van der Waals surface area (Å²) in [5.74, 6) is 0.489. The lowest BCUT2D eigenvalue weighted by Gasteiger charge is -2.34. The van der Waals surface area contributed by atoms with Crippen LogP contribution in [0.2, 0.25) is 5.15 Å². The molecule has 1 amide bonds. The highest BCUT2D eigenvalue weighted by Gasteiger charge is 2.27. The first-order valence-electron chi connectivity index (χ1n) is 8.62. The Morgan fingerprint density at radius 3 is 2.69 bits per heavy atom. The molecule has 7 nitrogen and oxygen atoms in total. The first kappa shape index (κ1) is 18.5. The van der Waals surface area contributed by atoms with Gasteiger partial charge in [-0.15, -0.1) is 0 Å². The molecule has 1 aliphatic heterocycles. The van der Waals surface area contributed by atoms with Gasteiger partial charge in [-0.25, -0.2) is 14.8 Å². The minimum Gasteiger partial charge on any atom is -0.444 e. The fourth-order valence-electron chi connectivity index (χ4n) is 2.83. The van der Waals surface area contributed by atoms with Gasteiger partial charge in [-0.2, -0.15) is 0 Å². The number of halogens is 1. The summed E-state index contributed by atoms with van der Waals surface area (Å²) in [7, 11) is 0. The summed E-state index contributed by atoms with van der Waals surface area (Å²) < 4.78 is 10.8. The lowest BCUT2D eigenvalue weighted by molar-refractivity contribution is 0.0210. The Labute approximate surface area is 157 Å². The molecule has 0 saturated carbocycles. The van der Waals surface area contributed by atoms with Crippen LogP contribution in [0.15, 0.2) is 29.1 Å². The number of nitrogens with one attached hydrogen (secondary N) is 1. The number of oxazole rings is 1. The van der Waals surface area contributed by atoms with Crippen molar-refractivity contribution in [2.45, 2.75) is 45.3 Å². The Balaban J connectivity index is 1.63. The predicted octanol–water partition coefficient (Wildman–Crippen LogP) is 4.20. The topological polar surface area (TPSA) is 80.5 Å². The molecule has 0 aromatic carbocycles. The van der Waals surface area contributed by atoms with Crippen molar-refractivity contribution >= 4 is 23.4 Å². The van der Waals surface area contributed by atoms with Crippen LogP contribution in [0.3, 0.4) is 0 Å². The Bertz CT molecular complexity index is 750. The van der Waals surface area contributed by atoms with Crippen LogP contribution in [0.5, 0.6) is 0 Å².